The highest BCUT2D eigenvalue weighted by molar-refractivity contribution is 5.96. The highest BCUT2D eigenvalue weighted by atomic mass is 16.2. The molecule has 0 unspecified atom stereocenters. The maximum absolute atomic E-state index is 12.8. The topological polar surface area (TPSA) is 61.4 Å². The Kier molecular flexibility index (Phi) is 5.56. The van der Waals surface area contributed by atoms with Crippen LogP contribution in [0.2, 0.25) is 0 Å². The van der Waals surface area contributed by atoms with Crippen LogP contribution in [0.1, 0.15) is 23.6 Å². The second kappa shape index (κ2) is 8.61. The van der Waals surface area contributed by atoms with Crippen LogP contribution in [0.25, 0.3) is 0 Å². The molecule has 1 fully saturated rings. The molecule has 1 heterocycles. The van der Waals surface area contributed by atoms with E-state index in [2.05, 4.69) is 10.6 Å². The molecule has 0 radical (unpaired) electrons. The van der Waals surface area contributed by atoms with Gasteiger partial charge in [0.05, 0.1) is 12.1 Å². The van der Waals surface area contributed by atoms with E-state index in [1.165, 1.54) is 0 Å². The number of para-hydroxylation sites is 1. The molecule has 1 saturated heterocycles. The number of anilines is 1. The Labute approximate surface area is 170 Å². The molecule has 146 valence electrons. The summed E-state index contributed by atoms with van der Waals surface area (Å²) in [6.45, 7) is 0.470. The van der Waals surface area contributed by atoms with E-state index in [9.17, 15) is 9.59 Å². The summed E-state index contributed by atoms with van der Waals surface area (Å²) < 4.78 is 0. The number of nitrogens with one attached hydrogen (secondary N) is 2. The Hall–Kier alpha value is -3.60. The quantitative estimate of drug-likeness (QED) is 0.700. The summed E-state index contributed by atoms with van der Waals surface area (Å²) in [7, 11) is 0. The monoisotopic (exact) mass is 385 g/mol. The normalized spacial score (nSPS) is 16.1. The Balaban J connectivity index is 1.44. The number of benzene rings is 3. The van der Waals surface area contributed by atoms with E-state index in [1.54, 1.807) is 4.90 Å². The number of nitrogens with zero attached hydrogens (tertiary/aromatic N) is 1. The van der Waals surface area contributed by atoms with Gasteiger partial charge >= 0.3 is 6.03 Å². The van der Waals surface area contributed by atoms with Gasteiger partial charge in [-0.05, 0) is 23.3 Å². The number of hydrogen-bond acceptors (Lipinski definition) is 2. The van der Waals surface area contributed by atoms with Gasteiger partial charge in [-0.1, -0.05) is 78.9 Å². The molecule has 3 aromatic rings. The van der Waals surface area contributed by atoms with E-state index < -0.39 is 0 Å². The summed E-state index contributed by atoms with van der Waals surface area (Å²) >= 11 is 0. The lowest BCUT2D eigenvalue weighted by atomic mass is 9.99. The highest BCUT2D eigenvalue weighted by Gasteiger charge is 2.32. The van der Waals surface area contributed by atoms with Gasteiger partial charge in [0.2, 0.25) is 5.91 Å². The lowest BCUT2D eigenvalue weighted by molar-refractivity contribution is -0.117. The summed E-state index contributed by atoms with van der Waals surface area (Å²) in [5.74, 6) is 0.0177. The second-order valence-electron chi connectivity index (χ2n) is 7.11. The van der Waals surface area contributed by atoms with E-state index in [4.69, 9.17) is 0 Å². The van der Waals surface area contributed by atoms with Crippen molar-refractivity contribution in [2.75, 3.05) is 11.4 Å². The largest absolute Gasteiger partial charge is 0.333 e. The van der Waals surface area contributed by atoms with Crippen LogP contribution in [0, 0.1) is 0 Å². The zero-order chi connectivity index (χ0) is 20.1. The van der Waals surface area contributed by atoms with E-state index in [0.29, 0.717) is 13.0 Å². The number of hydrogen-bond donors (Lipinski definition) is 2. The SMILES string of the molecule is O=C(NC(c1ccccc1)c1ccccc1)N[C@@H]1CC(=O)N(c2ccccc2)C1. The first-order valence-electron chi connectivity index (χ1n) is 9.73. The van der Waals surface area contributed by atoms with Gasteiger partial charge in [0.15, 0.2) is 0 Å². The van der Waals surface area contributed by atoms with Gasteiger partial charge in [-0.15, -0.1) is 0 Å². The fraction of sp³-hybridized carbons (Fsp3) is 0.167. The molecule has 0 spiro atoms. The Morgan fingerprint density at radius 2 is 1.34 bits per heavy atom. The molecule has 5 nitrogen and oxygen atoms in total. The van der Waals surface area contributed by atoms with Crippen LogP contribution >= 0.6 is 0 Å². The van der Waals surface area contributed by atoms with Gasteiger partial charge in [0.1, 0.15) is 0 Å². The van der Waals surface area contributed by atoms with Crippen molar-refractivity contribution in [2.24, 2.45) is 0 Å². The van der Waals surface area contributed by atoms with Gasteiger partial charge in [0.25, 0.3) is 0 Å². The van der Waals surface area contributed by atoms with Crippen molar-refractivity contribution in [1.82, 2.24) is 10.6 Å². The minimum atomic E-state index is -0.282. The standard InChI is InChI=1S/C24H23N3O2/c28-22-16-20(17-27(22)21-14-8-3-9-15-21)25-24(29)26-23(18-10-4-1-5-11-18)19-12-6-2-7-13-19/h1-15,20,23H,16-17H2,(H2,25,26,29)/t20-/m1/s1. The van der Waals surface area contributed by atoms with Crippen molar-refractivity contribution < 1.29 is 9.59 Å². The molecule has 5 heteroatoms. The molecular weight excluding hydrogens is 362 g/mol. The smallest absolute Gasteiger partial charge is 0.315 e. The van der Waals surface area contributed by atoms with Crippen LogP contribution in [0.3, 0.4) is 0 Å². The van der Waals surface area contributed by atoms with Gasteiger partial charge in [-0.25, -0.2) is 4.79 Å². The number of urea groups is 1. The summed E-state index contributed by atoms with van der Waals surface area (Å²) in [6.07, 6.45) is 0.295. The first-order chi connectivity index (χ1) is 14.2. The highest BCUT2D eigenvalue weighted by Crippen LogP contribution is 2.23. The molecule has 1 aliphatic heterocycles. The third-order valence-corrected chi connectivity index (χ3v) is 5.07. The van der Waals surface area contributed by atoms with Crippen LogP contribution in [0.5, 0.6) is 0 Å². The fourth-order valence-corrected chi connectivity index (χ4v) is 3.67. The Morgan fingerprint density at radius 1 is 0.828 bits per heavy atom. The molecule has 1 atom stereocenters. The third-order valence-electron chi connectivity index (χ3n) is 5.07. The van der Waals surface area contributed by atoms with Crippen molar-refractivity contribution in [3.8, 4) is 0 Å². The van der Waals surface area contributed by atoms with Crippen molar-refractivity contribution >= 4 is 17.6 Å². The maximum atomic E-state index is 12.8. The minimum Gasteiger partial charge on any atom is -0.333 e. The number of carbonyl (C=O) groups is 2. The van der Waals surface area contributed by atoms with Crippen LogP contribution in [0.15, 0.2) is 91.0 Å². The van der Waals surface area contributed by atoms with Crippen molar-refractivity contribution in [1.29, 1.82) is 0 Å². The number of amides is 3. The van der Waals surface area contributed by atoms with Gasteiger partial charge in [-0.2, -0.15) is 0 Å². The molecule has 3 aromatic carbocycles. The van der Waals surface area contributed by atoms with Crippen LogP contribution in [-0.2, 0) is 4.79 Å². The molecule has 0 aliphatic carbocycles. The van der Waals surface area contributed by atoms with Crippen LogP contribution in [0.4, 0.5) is 10.5 Å². The zero-order valence-electron chi connectivity index (χ0n) is 16.0. The molecule has 1 aliphatic rings. The molecule has 2 N–H and O–H groups in total. The van der Waals surface area contributed by atoms with Crippen molar-refractivity contribution in [3.05, 3.63) is 102 Å². The van der Waals surface area contributed by atoms with Crippen LogP contribution in [-0.4, -0.2) is 24.5 Å². The molecule has 0 aromatic heterocycles. The average Bonchev–Trinajstić information content (AvgIpc) is 3.13. The van der Waals surface area contributed by atoms with Gasteiger partial charge in [0, 0.05) is 18.7 Å². The average molecular weight is 385 g/mol. The van der Waals surface area contributed by atoms with Crippen molar-refractivity contribution in [2.45, 2.75) is 18.5 Å². The Bertz CT molecular complexity index is 922. The maximum Gasteiger partial charge on any atom is 0.315 e. The molecule has 0 saturated carbocycles. The molecule has 4 rings (SSSR count). The second-order valence-corrected chi connectivity index (χ2v) is 7.11. The number of rotatable bonds is 5. The number of carbonyl (C=O) groups excluding carboxylic acids is 2. The lowest BCUT2D eigenvalue weighted by Gasteiger charge is -2.22. The zero-order valence-corrected chi connectivity index (χ0v) is 16.0. The minimum absolute atomic E-state index is 0.0177. The van der Waals surface area contributed by atoms with E-state index in [1.807, 2.05) is 91.0 Å². The van der Waals surface area contributed by atoms with E-state index >= 15 is 0 Å². The molecule has 29 heavy (non-hydrogen) atoms. The van der Waals surface area contributed by atoms with E-state index in [0.717, 1.165) is 16.8 Å². The summed E-state index contributed by atoms with van der Waals surface area (Å²) in [5, 5.41) is 6.03. The predicted octanol–water partition coefficient (Wildman–Crippen LogP) is 3.88. The van der Waals surface area contributed by atoms with Gasteiger partial charge < -0.3 is 15.5 Å². The van der Waals surface area contributed by atoms with Gasteiger partial charge in [-0.3, -0.25) is 4.79 Å². The summed E-state index contributed by atoms with van der Waals surface area (Å²) in [6, 6.07) is 28.5. The summed E-state index contributed by atoms with van der Waals surface area (Å²) in [5.41, 5.74) is 2.86. The Morgan fingerprint density at radius 3 is 1.90 bits per heavy atom. The van der Waals surface area contributed by atoms with E-state index in [-0.39, 0.29) is 24.0 Å². The molecule has 0 bridgehead atoms. The third kappa shape index (κ3) is 4.46. The fourth-order valence-electron chi connectivity index (χ4n) is 3.67. The predicted molar refractivity (Wildman–Crippen MR) is 114 cm³/mol. The molecule has 3 amide bonds. The summed E-state index contributed by atoms with van der Waals surface area (Å²) in [4.78, 5) is 26.9. The van der Waals surface area contributed by atoms with Crippen molar-refractivity contribution in [3.63, 3.8) is 0 Å². The first-order valence-corrected chi connectivity index (χ1v) is 9.73. The van der Waals surface area contributed by atoms with Crippen LogP contribution < -0.4 is 15.5 Å². The lowest BCUT2D eigenvalue weighted by Crippen LogP contribution is -2.44. The first kappa shape index (κ1) is 18.7. The molecular formula is C24H23N3O2.